The molecule has 1 aromatic carbocycles. The molecule has 27 heavy (non-hydrogen) atoms. The third-order valence-electron chi connectivity index (χ3n) is 6.76. The number of carbonyl (C=O) groups excluding carboxylic acids is 3. The third-order valence-corrected chi connectivity index (χ3v) is 6.76. The molecule has 5 rings (SSSR count). The Morgan fingerprint density at radius 1 is 1.22 bits per heavy atom. The molecule has 4 aliphatic rings. The van der Waals surface area contributed by atoms with E-state index in [1.165, 1.54) is 12.0 Å². The summed E-state index contributed by atoms with van der Waals surface area (Å²) in [5.74, 6) is -0.129. The molecule has 3 fully saturated rings. The summed E-state index contributed by atoms with van der Waals surface area (Å²) in [4.78, 5) is 40.3. The minimum Gasteiger partial charge on any atom is -0.324 e. The molecule has 0 radical (unpaired) electrons. The first-order chi connectivity index (χ1) is 12.9. The summed E-state index contributed by atoms with van der Waals surface area (Å²) >= 11 is 0. The lowest BCUT2D eigenvalue weighted by atomic mass is 9.70. The van der Waals surface area contributed by atoms with Crippen LogP contribution in [0.1, 0.15) is 47.2 Å². The Kier molecular flexibility index (Phi) is 3.67. The van der Waals surface area contributed by atoms with Crippen LogP contribution in [0.2, 0.25) is 0 Å². The van der Waals surface area contributed by atoms with Crippen molar-refractivity contribution < 1.29 is 14.4 Å². The predicted octanol–water partition coefficient (Wildman–Crippen LogP) is 0.371. The molecule has 3 aliphatic heterocycles. The molecule has 3 atom stereocenters. The Hall–Kier alpha value is -2.25. The number of likely N-dealkylation sites (tertiary alicyclic amines) is 1. The maximum atomic E-state index is 12.7. The maximum absolute atomic E-state index is 12.7. The molecule has 2 saturated heterocycles. The van der Waals surface area contributed by atoms with Crippen LogP contribution in [-0.2, 0) is 22.7 Å². The predicted molar refractivity (Wildman–Crippen MR) is 97.4 cm³/mol. The zero-order chi connectivity index (χ0) is 18.8. The average molecular weight is 368 g/mol. The van der Waals surface area contributed by atoms with Crippen molar-refractivity contribution in [3.8, 4) is 0 Å². The van der Waals surface area contributed by atoms with Gasteiger partial charge in [0.25, 0.3) is 5.91 Å². The highest BCUT2D eigenvalue weighted by molar-refractivity contribution is 6.05. The van der Waals surface area contributed by atoms with Crippen molar-refractivity contribution in [2.45, 2.75) is 50.4 Å². The van der Waals surface area contributed by atoms with Crippen molar-refractivity contribution >= 4 is 17.7 Å². The molecule has 142 valence electrons. The van der Waals surface area contributed by atoms with E-state index in [4.69, 9.17) is 5.73 Å². The molecule has 0 spiro atoms. The summed E-state index contributed by atoms with van der Waals surface area (Å²) < 4.78 is 0. The van der Waals surface area contributed by atoms with Gasteiger partial charge in [-0.1, -0.05) is 12.1 Å². The standard InChI is InChI=1S/C20H24N4O3/c21-20-6-5-14(20)10-23(11-20)8-12-1-2-15-13(7-12)9-24(19(15)27)16-3-4-17(25)22-18(16)26/h1-2,7,14,16H,3-6,8-11,21H2,(H,22,25,26)/t14-,16?,20-/m0/s1. The van der Waals surface area contributed by atoms with Gasteiger partial charge in [-0.05, 0) is 42.4 Å². The van der Waals surface area contributed by atoms with Crippen LogP contribution in [0.3, 0.4) is 0 Å². The van der Waals surface area contributed by atoms with Gasteiger partial charge in [-0.2, -0.15) is 0 Å². The molecule has 7 heteroatoms. The number of fused-ring (bicyclic) bond motifs is 2. The highest BCUT2D eigenvalue weighted by atomic mass is 16.2. The minimum atomic E-state index is -0.558. The summed E-state index contributed by atoms with van der Waals surface area (Å²) in [6.07, 6.45) is 3.02. The van der Waals surface area contributed by atoms with Crippen LogP contribution in [0.15, 0.2) is 18.2 Å². The number of carbonyl (C=O) groups is 3. The van der Waals surface area contributed by atoms with E-state index in [-0.39, 0.29) is 29.7 Å². The van der Waals surface area contributed by atoms with Crippen molar-refractivity contribution in [1.29, 1.82) is 0 Å². The van der Waals surface area contributed by atoms with Crippen molar-refractivity contribution in [3.63, 3.8) is 0 Å². The van der Waals surface area contributed by atoms with Gasteiger partial charge in [0.2, 0.25) is 11.8 Å². The second kappa shape index (κ2) is 5.87. The van der Waals surface area contributed by atoms with Gasteiger partial charge in [0.15, 0.2) is 0 Å². The topological polar surface area (TPSA) is 95.7 Å². The van der Waals surface area contributed by atoms with Crippen LogP contribution in [0.4, 0.5) is 0 Å². The zero-order valence-electron chi connectivity index (χ0n) is 15.2. The fourth-order valence-electron chi connectivity index (χ4n) is 5.10. The number of hydrogen-bond acceptors (Lipinski definition) is 5. The van der Waals surface area contributed by atoms with Crippen LogP contribution >= 0.6 is 0 Å². The summed E-state index contributed by atoms with van der Waals surface area (Å²) in [5, 5.41) is 2.34. The van der Waals surface area contributed by atoms with E-state index in [1.54, 1.807) is 4.90 Å². The average Bonchev–Trinajstić information content (AvgIpc) is 3.04. The third kappa shape index (κ3) is 2.68. The minimum absolute atomic E-state index is 0.00920. The van der Waals surface area contributed by atoms with Gasteiger partial charge in [0.05, 0.1) is 0 Å². The van der Waals surface area contributed by atoms with Crippen LogP contribution in [0, 0.1) is 5.92 Å². The number of hydrogen-bond donors (Lipinski definition) is 2. The van der Waals surface area contributed by atoms with Gasteiger partial charge in [0.1, 0.15) is 6.04 Å². The number of nitrogens with zero attached hydrogens (tertiary/aromatic N) is 2. The fourth-order valence-corrected chi connectivity index (χ4v) is 5.10. The Bertz CT molecular complexity index is 854. The quantitative estimate of drug-likeness (QED) is 0.752. The molecule has 0 aromatic heterocycles. The second-order valence-corrected chi connectivity index (χ2v) is 8.53. The van der Waals surface area contributed by atoms with Crippen LogP contribution in [0.5, 0.6) is 0 Å². The Morgan fingerprint density at radius 2 is 2.07 bits per heavy atom. The normalized spacial score (nSPS) is 32.9. The fraction of sp³-hybridized carbons (Fsp3) is 0.550. The molecule has 1 aliphatic carbocycles. The van der Waals surface area contributed by atoms with Gasteiger partial charge in [-0.3, -0.25) is 24.6 Å². The van der Waals surface area contributed by atoms with Crippen molar-refractivity contribution in [2.24, 2.45) is 11.7 Å². The summed E-state index contributed by atoms with van der Waals surface area (Å²) in [6, 6.07) is 5.41. The molecule has 1 unspecified atom stereocenters. The number of benzene rings is 1. The highest BCUT2D eigenvalue weighted by Crippen LogP contribution is 2.42. The number of piperidine rings is 1. The van der Waals surface area contributed by atoms with E-state index >= 15 is 0 Å². The molecular weight excluding hydrogens is 344 g/mol. The van der Waals surface area contributed by atoms with E-state index in [2.05, 4.69) is 16.3 Å². The zero-order valence-corrected chi connectivity index (χ0v) is 15.2. The number of nitrogens with one attached hydrogen (secondary N) is 1. The van der Waals surface area contributed by atoms with Gasteiger partial charge in [-0.15, -0.1) is 0 Å². The van der Waals surface area contributed by atoms with Crippen molar-refractivity contribution in [1.82, 2.24) is 15.1 Å². The van der Waals surface area contributed by atoms with Gasteiger partial charge >= 0.3 is 0 Å². The highest BCUT2D eigenvalue weighted by Gasteiger charge is 2.49. The molecule has 7 nitrogen and oxygen atoms in total. The second-order valence-electron chi connectivity index (χ2n) is 8.53. The maximum Gasteiger partial charge on any atom is 0.255 e. The molecule has 0 bridgehead atoms. The first-order valence-electron chi connectivity index (χ1n) is 9.71. The molecule has 1 aromatic rings. The number of rotatable bonds is 3. The molecular formula is C20H24N4O3. The van der Waals surface area contributed by atoms with E-state index in [0.717, 1.165) is 31.6 Å². The summed E-state index contributed by atoms with van der Waals surface area (Å²) in [5.41, 5.74) is 9.25. The van der Waals surface area contributed by atoms with Crippen molar-refractivity contribution in [3.05, 3.63) is 34.9 Å². The smallest absolute Gasteiger partial charge is 0.255 e. The van der Waals surface area contributed by atoms with Crippen LogP contribution < -0.4 is 11.1 Å². The first kappa shape index (κ1) is 16.9. The molecule has 3 N–H and O–H groups in total. The van der Waals surface area contributed by atoms with Gasteiger partial charge < -0.3 is 10.6 Å². The van der Waals surface area contributed by atoms with Gasteiger partial charge in [0, 0.05) is 43.7 Å². The van der Waals surface area contributed by atoms with Crippen molar-refractivity contribution in [2.75, 3.05) is 13.1 Å². The van der Waals surface area contributed by atoms with Crippen LogP contribution in [0.25, 0.3) is 0 Å². The van der Waals surface area contributed by atoms with Gasteiger partial charge in [-0.25, -0.2) is 0 Å². The Balaban J connectivity index is 1.30. The first-order valence-corrected chi connectivity index (χ1v) is 9.71. The lowest BCUT2D eigenvalue weighted by molar-refractivity contribution is -0.136. The largest absolute Gasteiger partial charge is 0.324 e. The van der Waals surface area contributed by atoms with E-state index in [1.807, 2.05) is 12.1 Å². The Labute approximate surface area is 157 Å². The summed E-state index contributed by atoms with van der Waals surface area (Å²) in [7, 11) is 0. The number of amides is 3. The van der Waals surface area contributed by atoms with E-state index < -0.39 is 6.04 Å². The number of nitrogens with two attached hydrogens (primary N) is 1. The monoisotopic (exact) mass is 368 g/mol. The Morgan fingerprint density at radius 3 is 2.74 bits per heavy atom. The van der Waals surface area contributed by atoms with E-state index in [9.17, 15) is 14.4 Å². The SMILES string of the molecule is N[C@]12CC[C@H]1CN(Cc1ccc3c(c1)CN(C1CCC(=O)NC1=O)C3=O)C2. The lowest BCUT2D eigenvalue weighted by Crippen LogP contribution is -2.54. The van der Waals surface area contributed by atoms with Crippen LogP contribution in [-0.4, -0.2) is 52.2 Å². The molecule has 1 saturated carbocycles. The van der Waals surface area contributed by atoms with E-state index in [0.29, 0.717) is 24.4 Å². The summed E-state index contributed by atoms with van der Waals surface area (Å²) in [6.45, 7) is 3.26. The molecule has 3 heterocycles. The lowest BCUT2D eigenvalue weighted by Gasteiger charge is -2.40. The number of imide groups is 1. The molecule has 3 amide bonds.